The number of hydrogen-bond acceptors (Lipinski definition) is 4. The van der Waals surface area contributed by atoms with Crippen molar-refractivity contribution in [1.82, 2.24) is 25.4 Å². The van der Waals surface area contributed by atoms with Crippen LogP contribution in [-0.4, -0.2) is 45.0 Å². The minimum absolute atomic E-state index is 0.0118. The molecule has 0 bridgehead atoms. The Morgan fingerprint density at radius 3 is 2.86 bits per heavy atom. The molecule has 1 aliphatic heterocycles. The second-order valence-corrected chi connectivity index (χ2v) is 8.39. The average molecular weight is 383 g/mol. The largest absolute Gasteiger partial charge is 0.350 e. The van der Waals surface area contributed by atoms with Crippen molar-refractivity contribution in [3.8, 4) is 0 Å². The Kier molecular flexibility index (Phi) is 6.11. The van der Waals surface area contributed by atoms with E-state index in [9.17, 15) is 9.59 Å². The fraction of sp³-hybridized carbons (Fsp3) is 0.524. The molecule has 0 aliphatic carbocycles. The van der Waals surface area contributed by atoms with Gasteiger partial charge in [0.05, 0.1) is 23.9 Å². The van der Waals surface area contributed by atoms with Gasteiger partial charge in [0.1, 0.15) is 0 Å². The van der Waals surface area contributed by atoms with Crippen molar-refractivity contribution in [3.63, 3.8) is 0 Å². The van der Waals surface area contributed by atoms with Crippen LogP contribution >= 0.6 is 0 Å². The third kappa shape index (κ3) is 5.18. The third-order valence-corrected chi connectivity index (χ3v) is 5.09. The van der Waals surface area contributed by atoms with Gasteiger partial charge in [-0.2, -0.15) is 5.10 Å². The number of likely N-dealkylation sites (tertiary alicyclic amines) is 1. The molecular formula is C21H29N5O2. The molecule has 7 nitrogen and oxygen atoms in total. The fourth-order valence-electron chi connectivity index (χ4n) is 3.30. The maximum absolute atomic E-state index is 12.6. The highest BCUT2D eigenvalue weighted by Gasteiger charge is 2.30. The summed E-state index contributed by atoms with van der Waals surface area (Å²) in [5, 5.41) is 10.3. The Morgan fingerprint density at radius 2 is 2.18 bits per heavy atom. The first-order valence-corrected chi connectivity index (χ1v) is 9.83. The van der Waals surface area contributed by atoms with Crippen LogP contribution in [0.2, 0.25) is 0 Å². The predicted molar refractivity (Wildman–Crippen MR) is 106 cm³/mol. The Bertz CT molecular complexity index is 810. The van der Waals surface area contributed by atoms with E-state index in [4.69, 9.17) is 0 Å². The first-order valence-electron chi connectivity index (χ1n) is 9.83. The van der Waals surface area contributed by atoms with Crippen molar-refractivity contribution < 1.29 is 9.59 Å². The van der Waals surface area contributed by atoms with Gasteiger partial charge in [-0.3, -0.25) is 19.7 Å². The molecule has 0 aromatic carbocycles. The van der Waals surface area contributed by atoms with E-state index in [0.29, 0.717) is 38.9 Å². The number of hydrogen-bond donors (Lipinski definition) is 2. The van der Waals surface area contributed by atoms with Crippen LogP contribution in [0.1, 0.15) is 50.7 Å². The molecule has 2 amide bonds. The van der Waals surface area contributed by atoms with E-state index in [2.05, 4.69) is 41.3 Å². The highest BCUT2D eigenvalue weighted by Crippen LogP contribution is 2.21. The number of piperidine rings is 1. The molecule has 0 spiro atoms. The number of aromatic nitrogens is 3. The highest BCUT2D eigenvalue weighted by atomic mass is 16.2. The number of aromatic amines is 1. The molecule has 3 rings (SSSR count). The van der Waals surface area contributed by atoms with E-state index in [1.807, 2.05) is 24.3 Å². The van der Waals surface area contributed by atoms with Crippen LogP contribution in [0.15, 0.2) is 30.5 Å². The zero-order chi connectivity index (χ0) is 20.1. The van der Waals surface area contributed by atoms with Gasteiger partial charge in [0, 0.05) is 43.2 Å². The van der Waals surface area contributed by atoms with Crippen molar-refractivity contribution >= 4 is 11.8 Å². The molecule has 28 heavy (non-hydrogen) atoms. The number of pyridine rings is 1. The van der Waals surface area contributed by atoms with Gasteiger partial charge in [0.2, 0.25) is 11.8 Å². The minimum Gasteiger partial charge on any atom is -0.350 e. The van der Waals surface area contributed by atoms with E-state index in [-0.39, 0.29) is 23.1 Å². The second-order valence-electron chi connectivity index (χ2n) is 8.39. The molecule has 3 heterocycles. The smallest absolute Gasteiger partial charge is 0.225 e. The van der Waals surface area contributed by atoms with E-state index in [1.165, 1.54) is 0 Å². The number of rotatable bonds is 6. The van der Waals surface area contributed by atoms with E-state index in [0.717, 1.165) is 17.1 Å². The van der Waals surface area contributed by atoms with Gasteiger partial charge >= 0.3 is 0 Å². The summed E-state index contributed by atoms with van der Waals surface area (Å²) >= 11 is 0. The predicted octanol–water partition coefficient (Wildman–Crippen LogP) is 2.20. The van der Waals surface area contributed by atoms with Crippen LogP contribution in [-0.2, 0) is 28.0 Å². The Morgan fingerprint density at radius 1 is 1.36 bits per heavy atom. The normalized spacial score (nSPS) is 17.6. The lowest BCUT2D eigenvalue weighted by Gasteiger charge is -2.31. The van der Waals surface area contributed by atoms with Crippen LogP contribution in [0, 0.1) is 5.92 Å². The van der Waals surface area contributed by atoms with Crippen LogP contribution in [0.4, 0.5) is 0 Å². The topological polar surface area (TPSA) is 91.0 Å². The number of amides is 2. The van der Waals surface area contributed by atoms with E-state index in [1.54, 1.807) is 11.1 Å². The summed E-state index contributed by atoms with van der Waals surface area (Å²) in [6.45, 7) is 7.78. The Labute approximate surface area is 165 Å². The number of H-pyrrole nitrogens is 1. The summed E-state index contributed by atoms with van der Waals surface area (Å²) in [6, 6.07) is 7.76. The van der Waals surface area contributed by atoms with Gasteiger partial charge in [0.15, 0.2) is 0 Å². The van der Waals surface area contributed by atoms with Gasteiger partial charge in [0.25, 0.3) is 0 Å². The lowest BCUT2D eigenvalue weighted by molar-refractivity contribution is -0.138. The molecule has 1 atom stereocenters. The van der Waals surface area contributed by atoms with Crippen LogP contribution in [0.3, 0.4) is 0 Å². The van der Waals surface area contributed by atoms with Gasteiger partial charge in [-0.1, -0.05) is 26.8 Å². The summed E-state index contributed by atoms with van der Waals surface area (Å²) < 4.78 is 0. The highest BCUT2D eigenvalue weighted by molar-refractivity contribution is 5.83. The van der Waals surface area contributed by atoms with Gasteiger partial charge in [-0.15, -0.1) is 0 Å². The monoisotopic (exact) mass is 383 g/mol. The molecule has 7 heteroatoms. The Hall–Kier alpha value is -2.70. The summed E-state index contributed by atoms with van der Waals surface area (Å²) in [6.07, 6.45) is 3.47. The first-order chi connectivity index (χ1) is 13.3. The standard InChI is InChI=1S/C21H29N5O2/c1-21(2,3)18-12-17(24-25-18)13-23-20(28)15-7-8-19(27)26(14-15)11-9-16-6-4-5-10-22-16/h4-6,10,12,15H,7-9,11,13-14H2,1-3H3,(H,23,28)(H,24,25)/t15-/m0/s1. The summed E-state index contributed by atoms with van der Waals surface area (Å²) in [5.74, 6) is -0.0722. The molecule has 2 aromatic heterocycles. The van der Waals surface area contributed by atoms with Gasteiger partial charge < -0.3 is 10.2 Å². The molecule has 2 N–H and O–H groups in total. The summed E-state index contributed by atoms with van der Waals surface area (Å²) in [7, 11) is 0. The second kappa shape index (κ2) is 8.54. The number of carbonyl (C=O) groups excluding carboxylic acids is 2. The van der Waals surface area contributed by atoms with E-state index < -0.39 is 0 Å². The number of nitrogens with one attached hydrogen (secondary N) is 2. The number of nitrogens with zero attached hydrogens (tertiary/aromatic N) is 3. The van der Waals surface area contributed by atoms with Crippen LogP contribution in [0.25, 0.3) is 0 Å². The maximum Gasteiger partial charge on any atom is 0.225 e. The molecule has 0 radical (unpaired) electrons. The lowest BCUT2D eigenvalue weighted by Crippen LogP contribution is -2.46. The van der Waals surface area contributed by atoms with Crippen molar-refractivity contribution in [1.29, 1.82) is 0 Å². The molecule has 150 valence electrons. The molecule has 0 unspecified atom stereocenters. The molecule has 2 aromatic rings. The van der Waals surface area contributed by atoms with Crippen molar-refractivity contribution in [3.05, 3.63) is 47.5 Å². The molecule has 0 saturated carbocycles. The SMILES string of the molecule is CC(C)(C)c1cc(CNC(=O)[C@H]2CCC(=O)N(CCc3ccccn3)C2)[nH]n1. The molecular weight excluding hydrogens is 354 g/mol. The molecule has 1 fully saturated rings. The summed E-state index contributed by atoms with van der Waals surface area (Å²) in [4.78, 5) is 30.9. The van der Waals surface area contributed by atoms with Crippen LogP contribution < -0.4 is 5.32 Å². The Balaban J connectivity index is 1.50. The van der Waals surface area contributed by atoms with Crippen molar-refractivity contribution in [2.24, 2.45) is 5.92 Å². The van der Waals surface area contributed by atoms with Crippen molar-refractivity contribution in [2.45, 2.75) is 52.0 Å². The summed E-state index contributed by atoms with van der Waals surface area (Å²) in [5.41, 5.74) is 2.78. The fourth-order valence-corrected chi connectivity index (χ4v) is 3.30. The van der Waals surface area contributed by atoms with Gasteiger partial charge in [-0.25, -0.2) is 0 Å². The lowest BCUT2D eigenvalue weighted by atomic mass is 9.92. The average Bonchev–Trinajstić information content (AvgIpc) is 3.16. The zero-order valence-electron chi connectivity index (χ0n) is 16.9. The first kappa shape index (κ1) is 20.0. The maximum atomic E-state index is 12.6. The number of carbonyl (C=O) groups is 2. The third-order valence-electron chi connectivity index (χ3n) is 5.09. The van der Waals surface area contributed by atoms with E-state index >= 15 is 0 Å². The van der Waals surface area contributed by atoms with Gasteiger partial charge in [-0.05, 0) is 24.6 Å². The molecule has 1 saturated heterocycles. The molecule has 1 aliphatic rings. The van der Waals surface area contributed by atoms with Crippen LogP contribution in [0.5, 0.6) is 0 Å². The van der Waals surface area contributed by atoms with Crippen molar-refractivity contribution in [2.75, 3.05) is 13.1 Å². The zero-order valence-corrected chi connectivity index (χ0v) is 16.9. The quantitative estimate of drug-likeness (QED) is 0.800. The minimum atomic E-state index is -0.175.